The third kappa shape index (κ3) is 7.13. The first-order valence-electron chi connectivity index (χ1n) is 17.0. The summed E-state index contributed by atoms with van der Waals surface area (Å²) in [7, 11) is 3.84. The fourth-order valence-electron chi connectivity index (χ4n) is 6.08. The van der Waals surface area contributed by atoms with E-state index in [1.165, 1.54) is 0 Å². The minimum absolute atomic E-state index is 0.168. The Kier molecular flexibility index (Phi) is 8.82. The van der Waals surface area contributed by atoms with E-state index in [9.17, 15) is 4.79 Å². The van der Waals surface area contributed by atoms with Crippen LogP contribution in [0.4, 0.5) is 17.3 Å². The second kappa shape index (κ2) is 13.3. The van der Waals surface area contributed by atoms with Gasteiger partial charge in [0.25, 0.3) is 5.91 Å². The fraction of sp³-hybridized carbons (Fsp3) is 0.421. The Morgan fingerprint density at radius 2 is 1.76 bits per heavy atom. The summed E-state index contributed by atoms with van der Waals surface area (Å²) in [5, 5.41) is 3.44. The Labute approximate surface area is 277 Å². The second-order valence-corrected chi connectivity index (χ2v) is 13.6. The van der Waals surface area contributed by atoms with E-state index in [1.807, 2.05) is 69.3 Å². The molecular weight excluding hydrogens is 570 g/mol. The molecule has 5 rings (SSSR count). The highest BCUT2D eigenvalue weighted by molar-refractivity contribution is 6.07. The molecule has 3 heterocycles. The van der Waals surface area contributed by atoms with Crippen LogP contribution in [-0.2, 0) is 6.50 Å². The van der Waals surface area contributed by atoms with E-state index in [2.05, 4.69) is 61.0 Å². The van der Waals surface area contributed by atoms with Crippen LogP contribution >= 0.6 is 0 Å². The van der Waals surface area contributed by atoms with Crippen LogP contribution in [0.15, 0.2) is 54.9 Å². The lowest BCUT2D eigenvalue weighted by Gasteiger charge is -2.46. The Morgan fingerprint density at radius 1 is 1.00 bits per heavy atom. The van der Waals surface area contributed by atoms with Crippen molar-refractivity contribution >= 4 is 23.2 Å². The van der Waals surface area contributed by atoms with Crippen molar-refractivity contribution in [2.24, 2.45) is 0 Å². The van der Waals surface area contributed by atoms with Crippen molar-refractivity contribution in [3.8, 4) is 11.3 Å². The van der Waals surface area contributed by atoms with Crippen molar-refractivity contribution in [3.63, 3.8) is 0 Å². The van der Waals surface area contributed by atoms with Crippen LogP contribution in [-0.4, -0.2) is 69.9 Å². The van der Waals surface area contributed by atoms with E-state index in [-0.39, 0.29) is 17.4 Å². The number of benzene rings is 2. The van der Waals surface area contributed by atoms with E-state index < -0.39 is 6.50 Å². The van der Waals surface area contributed by atoms with Crippen LogP contribution in [0.2, 0.25) is 0 Å². The minimum Gasteiger partial charge on any atom is -0.324 e. The van der Waals surface area contributed by atoms with Crippen LogP contribution in [0.25, 0.3) is 11.3 Å². The van der Waals surface area contributed by atoms with Crippen molar-refractivity contribution in [1.29, 1.82) is 0 Å². The number of piperazine rings is 1. The Morgan fingerprint density at radius 3 is 2.43 bits per heavy atom. The van der Waals surface area contributed by atoms with Crippen LogP contribution < -0.4 is 10.2 Å². The minimum atomic E-state index is -1.68. The number of aryl methyl sites for hydroxylation is 4. The van der Waals surface area contributed by atoms with Gasteiger partial charge in [-0.3, -0.25) is 14.7 Å². The molecule has 1 amide bonds. The van der Waals surface area contributed by atoms with Gasteiger partial charge in [-0.2, -0.15) is 0 Å². The van der Waals surface area contributed by atoms with Crippen molar-refractivity contribution in [2.75, 3.05) is 43.9 Å². The highest BCUT2D eigenvalue weighted by Crippen LogP contribution is 2.32. The molecule has 1 fully saturated rings. The number of pyridine rings is 1. The highest BCUT2D eigenvalue weighted by Gasteiger charge is 2.32. The van der Waals surface area contributed by atoms with Gasteiger partial charge < -0.3 is 15.1 Å². The lowest BCUT2D eigenvalue weighted by molar-refractivity contribution is 0.0254. The zero-order valence-corrected chi connectivity index (χ0v) is 29.0. The second-order valence-electron chi connectivity index (χ2n) is 13.6. The van der Waals surface area contributed by atoms with E-state index >= 15 is 0 Å². The largest absolute Gasteiger partial charge is 0.324 e. The molecule has 2 aromatic heterocycles. The van der Waals surface area contributed by atoms with E-state index in [4.69, 9.17) is 7.73 Å². The molecule has 8 heteroatoms. The van der Waals surface area contributed by atoms with E-state index in [0.717, 1.165) is 63.7 Å². The third-order valence-corrected chi connectivity index (χ3v) is 9.00. The van der Waals surface area contributed by atoms with Gasteiger partial charge in [0.2, 0.25) is 5.95 Å². The molecule has 0 unspecified atom stereocenters. The number of likely N-dealkylation sites (N-methyl/N-ethyl adjacent to an activating group) is 1. The fourth-order valence-corrected chi connectivity index (χ4v) is 6.08. The maximum absolute atomic E-state index is 13.9. The summed E-state index contributed by atoms with van der Waals surface area (Å²) in [5.41, 5.74) is 8.90. The van der Waals surface area contributed by atoms with Crippen molar-refractivity contribution in [2.45, 2.75) is 73.3 Å². The van der Waals surface area contributed by atoms with Gasteiger partial charge in [-0.25, -0.2) is 9.97 Å². The quantitative estimate of drug-likeness (QED) is 0.219. The number of carbonyl (C=O) groups excluding carboxylic acids is 1. The number of anilines is 3. The lowest BCUT2D eigenvalue weighted by atomic mass is 9.97. The zero-order valence-electron chi connectivity index (χ0n) is 31.0. The number of nitrogens with zero attached hydrogens (tertiary/aromatic N) is 6. The molecule has 1 N–H and O–H groups in total. The molecule has 1 saturated heterocycles. The van der Waals surface area contributed by atoms with Gasteiger partial charge in [-0.05, 0) is 107 Å². The zero-order chi connectivity index (χ0) is 35.1. The first-order valence-corrected chi connectivity index (χ1v) is 16.0. The standard InChI is InChI=1S/C38H49N7O/c1-24(2)32-14-12-31(19-34(32)41-37-40-20-27(5)35(42-37)30-18-25(3)28(6)39-21-30)44(10)36(46)33-13-11-29(17-26(33)4)22-45-16-15-43(9)23-38(45,7)8/h11-14,17-21,24H,15-16,22-23H2,1-10H3,(H,40,41,42)/i22D2. The predicted molar refractivity (Wildman–Crippen MR) is 189 cm³/mol. The summed E-state index contributed by atoms with van der Waals surface area (Å²) in [6.45, 7) is 16.9. The first-order chi connectivity index (χ1) is 22.5. The van der Waals surface area contributed by atoms with Gasteiger partial charge in [-0.1, -0.05) is 32.0 Å². The number of hydrogen-bond donors (Lipinski definition) is 1. The van der Waals surface area contributed by atoms with Gasteiger partial charge in [0, 0.05) is 82.0 Å². The third-order valence-electron chi connectivity index (χ3n) is 9.00. The summed E-state index contributed by atoms with van der Waals surface area (Å²) >= 11 is 0. The summed E-state index contributed by atoms with van der Waals surface area (Å²) in [5.74, 6) is 0.511. The maximum atomic E-state index is 13.9. The highest BCUT2D eigenvalue weighted by atomic mass is 16.2. The summed E-state index contributed by atoms with van der Waals surface area (Å²) in [6.07, 6.45) is 3.66. The molecule has 4 aromatic rings. The summed E-state index contributed by atoms with van der Waals surface area (Å²) in [6, 6.07) is 13.4. The number of aromatic nitrogens is 3. The molecule has 0 radical (unpaired) electrons. The molecule has 0 spiro atoms. The molecule has 242 valence electrons. The number of hydrogen-bond acceptors (Lipinski definition) is 7. The smallest absolute Gasteiger partial charge is 0.258 e. The number of nitrogens with one attached hydrogen (secondary N) is 1. The summed E-state index contributed by atoms with van der Waals surface area (Å²) in [4.78, 5) is 33.7. The molecule has 0 bridgehead atoms. The molecule has 46 heavy (non-hydrogen) atoms. The average molecular weight is 622 g/mol. The molecule has 0 atom stereocenters. The Bertz CT molecular complexity index is 1840. The van der Waals surface area contributed by atoms with E-state index in [0.29, 0.717) is 23.6 Å². The van der Waals surface area contributed by atoms with Gasteiger partial charge in [-0.15, -0.1) is 0 Å². The molecule has 0 saturated carbocycles. The number of carbonyl (C=O) groups is 1. The molecule has 1 aliphatic rings. The first kappa shape index (κ1) is 30.5. The van der Waals surface area contributed by atoms with Gasteiger partial charge in [0.1, 0.15) is 0 Å². The van der Waals surface area contributed by atoms with Crippen molar-refractivity contribution in [3.05, 3.63) is 93.9 Å². The molecule has 1 aliphatic heterocycles. The van der Waals surface area contributed by atoms with E-state index in [1.54, 1.807) is 24.1 Å². The van der Waals surface area contributed by atoms with Gasteiger partial charge in [0.15, 0.2) is 0 Å². The SMILES string of the molecule is [2H]C([2H])(c1ccc(C(=O)N(C)c2ccc(C(C)C)c(Nc3ncc(C)c(-c4cnc(C)c(C)c4)n3)c2)c(C)c1)N1CCN(C)CC1(C)C. The number of rotatable bonds is 8. The van der Waals surface area contributed by atoms with Gasteiger partial charge >= 0.3 is 0 Å². The van der Waals surface area contributed by atoms with Crippen LogP contribution in [0.5, 0.6) is 0 Å². The number of amides is 1. The van der Waals surface area contributed by atoms with Crippen molar-refractivity contribution < 1.29 is 7.54 Å². The predicted octanol–water partition coefficient (Wildman–Crippen LogP) is 7.44. The van der Waals surface area contributed by atoms with Crippen molar-refractivity contribution in [1.82, 2.24) is 24.8 Å². The monoisotopic (exact) mass is 621 g/mol. The molecular formula is C38H49N7O. The van der Waals surface area contributed by atoms with Crippen LogP contribution in [0, 0.1) is 27.7 Å². The molecule has 2 aromatic carbocycles. The topological polar surface area (TPSA) is 77.5 Å². The Balaban J connectivity index is 1.42. The van der Waals surface area contributed by atoms with Crippen LogP contribution in [0.1, 0.15) is 80.2 Å². The Hall–Kier alpha value is -4.14. The lowest BCUT2D eigenvalue weighted by Crippen LogP contribution is -2.57. The molecule has 8 nitrogen and oxygen atoms in total. The normalized spacial score (nSPS) is 16.2. The van der Waals surface area contributed by atoms with Crippen LogP contribution in [0.3, 0.4) is 0 Å². The van der Waals surface area contributed by atoms with Gasteiger partial charge in [0.05, 0.1) is 5.69 Å². The maximum Gasteiger partial charge on any atom is 0.258 e. The summed E-state index contributed by atoms with van der Waals surface area (Å²) < 4.78 is 18.2. The molecule has 0 aliphatic carbocycles. The average Bonchev–Trinajstić information content (AvgIpc) is 3.01.